The number of hydrogen-bond donors (Lipinski definition) is 1. The van der Waals surface area contributed by atoms with E-state index in [2.05, 4.69) is 10.4 Å². The third-order valence-electron chi connectivity index (χ3n) is 4.98. The Hall–Kier alpha value is -3.61. The molecule has 1 aliphatic rings. The van der Waals surface area contributed by atoms with Gasteiger partial charge in [0.2, 0.25) is 5.91 Å². The van der Waals surface area contributed by atoms with Gasteiger partial charge in [-0.1, -0.05) is 18.2 Å². The average Bonchev–Trinajstić information content (AvgIpc) is 3.42. The molecule has 1 aromatic heterocycles. The zero-order chi connectivity index (χ0) is 20.8. The van der Waals surface area contributed by atoms with E-state index >= 15 is 0 Å². The summed E-state index contributed by atoms with van der Waals surface area (Å²) >= 11 is 0. The fraction of sp³-hybridized carbons (Fsp3) is 0.261. The van der Waals surface area contributed by atoms with Crippen LogP contribution in [-0.2, 0) is 16.0 Å². The van der Waals surface area contributed by atoms with Crippen LogP contribution in [0.5, 0.6) is 5.75 Å². The highest BCUT2D eigenvalue weighted by atomic mass is 16.5. The highest BCUT2D eigenvalue weighted by molar-refractivity contribution is 5.95. The van der Waals surface area contributed by atoms with Crippen molar-refractivity contribution >= 4 is 17.5 Å². The van der Waals surface area contributed by atoms with E-state index < -0.39 is 0 Å². The predicted molar refractivity (Wildman–Crippen MR) is 114 cm³/mol. The Morgan fingerprint density at radius 1 is 1.07 bits per heavy atom. The van der Waals surface area contributed by atoms with E-state index in [-0.39, 0.29) is 18.4 Å². The number of benzene rings is 2. The fourth-order valence-corrected chi connectivity index (χ4v) is 3.40. The van der Waals surface area contributed by atoms with Gasteiger partial charge in [0, 0.05) is 31.4 Å². The molecule has 2 heterocycles. The molecule has 1 fully saturated rings. The Morgan fingerprint density at radius 3 is 2.60 bits per heavy atom. The molecule has 0 unspecified atom stereocenters. The maximum atomic E-state index is 12.0. The van der Waals surface area contributed by atoms with Gasteiger partial charge in [-0.05, 0) is 54.8 Å². The lowest BCUT2D eigenvalue weighted by Crippen LogP contribution is -2.30. The van der Waals surface area contributed by atoms with Crippen LogP contribution < -0.4 is 15.0 Å². The van der Waals surface area contributed by atoms with Gasteiger partial charge in [-0.15, -0.1) is 0 Å². The molecule has 2 aromatic carbocycles. The number of carbonyl (C=O) groups is 2. The van der Waals surface area contributed by atoms with E-state index in [1.165, 1.54) is 0 Å². The second-order valence-electron chi connectivity index (χ2n) is 7.16. The molecular formula is C23H24N4O3. The molecule has 0 bridgehead atoms. The third kappa shape index (κ3) is 4.86. The molecule has 7 nitrogen and oxygen atoms in total. The minimum atomic E-state index is -0.177. The van der Waals surface area contributed by atoms with Crippen LogP contribution in [0.2, 0.25) is 0 Å². The Balaban J connectivity index is 1.19. The molecule has 4 rings (SSSR count). The minimum Gasteiger partial charge on any atom is -0.484 e. The number of ether oxygens (including phenoxy) is 1. The van der Waals surface area contributed by atoms with Crippen LogP contribution in [-0.4, -0.2) is 41.3 Å². The first kappa shape index (κ1) is 19.7. The lowest BCUT2D eigenvalue weighted by Gasteiger charge is -2.16. The van der Waals surface area contributed by atoms with Crippen LogP contribution in [0.25, 0.3) is 5.69 Å². The lowest BCUT2D eigenvalue weighted by molar-refractivity contribution is -0.123. The molecule has 7 heteroatoms. The van der Waals surface area contributed by atoms with Crippen molar-refractivity contribution < 1.29 is 14.3 Å². The zero-order valence-corrected chi connectivity index (χ0v) is 16.7. The molecule has 1 saturated heterocycles. The standard InChI is InChI=1S/C23H24N4O3/c28-22(17-30-21-10-8-19(9-11-21)26-14-4-7-23(26)29)24-13-12-18-15-25-27(16-18)20-5-2-1-3-6-20/h1-3,5-6,8-11,15-16H,4,7,12-14,17H2,(H,24,28). The molecular weight excluding hydrogens is 380 g/mol. The molecule has 0 radical (unpaired) electrons. The van der Waals surface area contributed by atoms with Crippen LogP contribution in [0.3, 0.4) is 0 Å². The predicted octanol–water partition coefficient (Wildman–Crippen LogP) is 2.74. The summed E-state index contributed by atoms with van der Waals surface area (Å²) in [5.74, 6) is 0.575. The summed E-state index contributed by atoms with van der Waals surface area (Å²) in [5.41, 5.74) is 2.92. The number of nitrogens with one attached hydrogen (secondary N) is 1. The molecule has 0 aliphatic carbocycles. The molecule has 1 aliphatic heterocycles. The monoisotopic (exact) mass is 404 g/mol. The van der Waals surface area contributed by atoms with Crippen molar-refractivity contribution in [2.45, 2.75) is 19.3 Å². The van der Waals surface area contributed by atoms with Crippen molar-refractivity contribution in [3.63, 3.8) is 0 Å². The summed E-state index contributed by atoms with van der Waals surface area (Å²) in [4.78, 5) is 25.6. The third-order valence-corrected chi connectivity index (χ3v) is 4.98. The Bertz CT molecular complexity index is 999. The SMILES string of the molecule is O=C(COc1ccc(N2CCCC2=O)cc1)NCCc1cnn(-c2ccccc2)c1. The minimum absolute atomic E-state index is 0.0503. The first-order chi connectivity index (χ1) is 14.7. The molecule has 154 valence electrons. The van der Waals surface area contributed by atoms with E-state index in [0.717, 1.165) is 29.9 Å². The second kappa shape index (κ2) is 9.26. The van der Waals surface area contributed by atoms with E-state index in [1.54, 1.807) is 17.0 Å². The average molecular weight is 404 g/mol. The van der Waals surface area contributed by atoms with Gasteiger partial charge in [-0.2, -0.15) is 5.10 Å². The zero-order valence-electron chi connectivity index (χ0n) is 16.7. The summed E-state index contributed by atoms with van der Waals surface area (Å²) in [6.07, 6.45) is 5.96. The number of hydrogen-bond acceptors (Lipinski definition) is 4. The molecule has 0 atom stereocenters. The topological polar surface area (TPSA) is 76.5 Å². The van der Waals surface area contributed by atoms with E-state index in [0.29, 0.717) is 25.1 Å². The number of para-hydroxylation sites is 1. The molecule has 2 amide bonds. The van der Waals surface area contributed by atoms with E-state index in [9.17, 15) is 9.59 Å². The van der Waals surface area contributed by atoms with Crippen molar-refractivity contribution in [1.82, 2.24) is 15.1 Å². The van der Waals surface area contributed by atoms with Crippen LogP contribution in [0, 0.1) is 0 Å². The van der Waals surface area contributed by atoms with Gasteiger partial charge in [-0.3, -0.25) is 9.59 Å². The molecule has 30 heavy (non-hydrogen) atoms. The van der Waals surface area contributed by atoms with Crippen LogP contribution in [0.4, 0.5) is 5.69 Å². The highest BCUT2D eigenvalue weighted by Crippen LogP contribution is 2.23. The smallest absolute Gasteiger partial charge is 0.257 e. The number of carbonyl (C=O) groups excluding carboxylic acids is 2. The number of amides is 2. The summed E-state index contributed by atoms with van der Waals surface area (Å²) in [7, 11) is 0. The Morgan fingerprint density at radius 2 is 1.87 bits per heavy atom. The van der Waals surface area contributed by atoms with Crippen molar-refractivity contribution in [2.75, 3.05) is 24.6 Å². The van der Waals surface area contributed by atoms with Crippen molar-refractivity contribution in [2.24, 2.45) is 0 Å². The van der Waals surface area contributed by atoms with E-state index in [4.69, 9.17) is 4.74 Å². The van der Waals surface area contributed by atoms with Gasteiger partial charge in [0.05, 0.1) is 11.9 Å². The van der Waals surface area contributed by atoms with Crippen molar-refractivity contribution in [3.05, 3.63) is 72.6 Å². The van der Waals surface area contributed by atoms with Gasteiger partial charge in [0.25, 0.3) is 5.91 Å². The highest BCUT2D eigenvalue weighted by Gasteiger charge is 2.21. The first-order valence-corrected chi connectivity index (χ1v) is 10.1. The normalized spacial score (nSPS) is 13.5. The number of nitrogens with zero attached hydrogens (tertiary/aromatic N) is 3. The Kier molecular flexibility index (Phi) is 6.08. The Labute approximate surface area is 175 Å². The molecule has 0 saturated carbocycles. The largest absolute Gasteiger partial charge is 0.484 e. The molecule has 3 aromatic rings. The quantitative estimate of drug-likeness (QED) is 0.626. The van der Waals surface area contributed by atoms with Crippen LogP contribution >= 0.6 is 0 Å². The van der Waals surface area contributed by atoms with Gasteiger partial charge in [0.15, 0.2) is 6.61 Å². The number of anilines is 1. The van der Waals surface area contributed by atoms with E-state index in [1.807, 2.05) is 59.5 Å². The van der Waals surface area contributed by atoms with Gasteiger partial charge < -0.3 is 15.0 Å². The summed E-state index contributed by atoms with van der Waals surface area (Å²) in [6, 6.07) is 17.2. The summed E-state index contributed by atoms with van der Waals surface area (Å²) in [5, 5.41) is 7.21. The van der Waals surface area contributed by atoms with Crippen LogP contribution in [0.15, 0.2) is 67.0 Å². The van der Waals surface area contributed by atoms with Gasteiger partial charge in [-0.25, -0.2) is 4.68 Å². The first-order valence-electron chi connectivity index (χ1n) is 10.1. The fourth-order valence-electron chi connectivity index (χ4n) is 3.40. The second-order valence-corrected chi connectivity index (χ2v) is 7.16. The summed E-state index contributed by atoms with van der Waals surface area (Å²) in [6.45, 7) is 1.22. The summed E-state index contributed by atoms with van der Waals surface area (Å²) < 4.78 is 7.36. The van der Waals surface area contributed by atoms with Crippen molar-refractivity contribution in [1.29, 1.82) is 0 Å². The maximum absolute atomic E-state index is 12.0. The number of rotatable bonds is 8. The molecule has 1 N–H and O–H groups in total. The van der Waals surface area contributed by atoms with Gasteiger partial charge >= 0.3 is 0 Å². The number of aromatic nitrogens is 2. The van der Waals surface area contributed by atoms with Gasteiger partial charge in [0.1, 0.15) is 5.75 Å². The maximum Gasteiger partial charge on any atom is 0.257 e. The molecule has 0 spiro atoms. The van der Waals surface area contributed by atoms with Crippen LogP contribution in [0.1, 0.15) is 18.4 Å². The van der Waals surface area contributed by atoms with Crippen molar-refractivity contribution in [3.8, 4) is 11.4 Å². The lowest BCUT2D eigenvalue weighted by atomic mass is 10.2.